The van der Waals surface area contributed by atoms with Crippen molar-refractivity contribution in [3.63, 3.8) is 0 Å². The second kappa shape index (κ2) is 9.54. The summed E-state index contributed by atoms with van der Waals surface area (Å²) in [6.45, 7) is 0.830. The Morgan fingerprint density at radius 3 is 2.39 bits per heavy atom. The molecule has 0 aromatic heterocycles. The molecule has 6 heteroatoms. The molecule has 0 aliphatic carbocycles. The molecular weight excluding hydrogens is 431 g/mol. The molecule has 3 aromatic rings. The Morgan fingerprint density at radius 2 is 1.65 bits per heavy atom. The minimum absolute atomic E-state index is 0.143. The Hall–Kier alpha value is -2.82. The molecule has 1 aliphatic heterocycles. The van der Waals surface area contributed by atoms with Crippen molar-refractivity contribution in [2.45, 2.75) is 25.4 Å². The van der Waals surface area contributed by atoms with E-state index in [0.29, 0.717) is 41.5 Å². The second-order valence-corrected chi connectivity index (χ2v) is 8.41. The van der Waals surface area contributed by atoms with E-state index in [1.54, 1.807) is 29.2 Å². The number of carbonyl (C=O) groups excluding carboxylic acids is 2. The first-order chi connectivity index (χ1) is 15.0. The molecule has 31 heavy (non-hydrogen) atoms. The van der Waals surface area contributed by atoms with E-state index in [0.717, 1.165) is 16.7 Å². The van der Waals surface area contributed by atoms with Crippen molar-refractivity contribution in [1.29, 1.82) is 0 Å². The molecule has 1 aliphatic rings. The lowest BCUT2D eigenvalue weighted by molar-refractivity contribution is -0.126. The van der Waals surface area contributed by atoms with Crippen LogP contribution in [0.3, 0.4) is 0 Å². The largest absolute Gasteiger partial charge is 0.354 e. The van der Waals surface area contributed by atoms with E-state index in [4.69, 9.17) is 23.2 Å². The summed E-state index contributed by atoms with van der Waals surface area (Å²) in [6.07, 6.45) is 1.07. The van der Waals surface area contributed by atoms with Gasteiger partial charge in [0, 0.05) is 35.1 Å². The molecule has 4 rings (SSSR count). The van der Waals surface area contributed by atoms with Crippen LogP contribution in [0.4, 0.5) is 0 Å². The summed E-state index contributed by atoms with van der Waals surface area (Å²) in [6, 6.07) is 21.8. The van der Waals surface area contributed by atoms with Gasteiger partial charge in [-0.05, 0) is 47.4 Å². The molecule has 4 nitrogen and oxygen atoms in total. The molecule has 1 N–H and O–H groups in total. The number of fused-ring (bicyclic) bond motifs is 1. The molecule has 1 heterocycles. The van der Waals surface area contributed by atoms with Crippen molar-refractivity contribution in [3.05, 3.63) is 105 Å². The zero-order chi connectivity index (χ0) is 21.8. The maximum Gasteiger partial charge on any atom is 0.254 e. The molecule has 0 bridgehead atoms. The van der Waals surface area contributed by atoms with Gasteiger partial charge >= 0.3 is 0 Å². The lowest BCUT2D eigenvalue weighted by Gasteiger charge is -2.36. The van der Waals surface area contributed by atoms with E-state index in [1.165, 1.54) is 0 Å². The predicted octanol–water partition coefficient (Wildman–Crippen LogP) is 4.92. The highest BCUT2D eigenvalue weighted by atomic mass is 35.5. The van der Waals surface area contributed by atoms with Gasteiger partial charge in [-0.25, -0.2) is 0 Å². The van der Waals surface area contributed by atoms with E-state index in [1.807, 2.05) is 48.5 Å². The van der Waals surface area contributed by atoms with Crippen molar-refractivity contribution in [3.8, 4) is 0 Å². The Labute approximate surface area is 191 Å². The van der Waals surface area contributed by atoms with Crippen molar-refractivity contribution in [1.82, 2.24) is 10.2 Å². The molecule has 0 saturated carbocycles. The third-order valence-electron chi connectivity index (χ3n) is 5.54. The van der Waals surface area contributed by atoms with Gasteiger partial charge < -0.3 is 10.2 Å². The first kappa shape index (κ1) is 21.4. The molecule has 2 amide bonds. The van der Waals surface area contributed by atoms with E-state index < -0.39 is 6.04 Å². The Bertz CT molecular complexity index is 1100. The molecule has 0 saturated heterocycles. The Kier molecular flexibility index (Phi) is 6.59. The molecule has 3 aromatic carbocycles. The zero-order valence-electron chi connectivity index (χ0n) is 16.9. The Morgan fingerprint density at radius 1 is 0.935 bits per heavy atom. The monoisotopic (exact) mass is 452 g/mol. The summed E-state index contributed by atoms with van der Waals surface area (Å²) >= 11 is 12.2. The minimum atomic E-state index is -0.566. The quantitative estimate of drug-likeness (QED) is 0.596. The summed E-state index contributed by atoms with van der Waals surface area (Å²) in [5.41, 5.74) is 3.66. The topological polar surface area (TPSA) is 49.4 Å². The maximum atomic E-state index is 13.2. The van der Waals surface area contributed by atoms with Crippen LogP contribution in [0.25, 0.3) is 0 Å². The summed E-state index contributed by atoms with van der Waals surface area (Å²) in [4.78, 5) is 28.0. The number of amides is 2. The van der Waals surface area contributed by atoms with Crippen LogP contribution in [0.5, 0.6) is 0 Å². The number of rotatable bonds is 5. The lowest BCUT2D eigenvalue weighted by Crippen LogP contribution is -2.52. The molecule has 1 atom stereocenters. The van der Waals surface area contributed by atoms with Crippen LogP contribution >= 0.6 is 23.2 Å². The number of nitrogens with zero attached hydrogens (tertiary/aromatic N) is 1. The fourth-order valence-electron chi connectivity index (χ4n) is 3.88. The molecule has 1 unspecified atom stereocenters. The predicted molar refractivity (Wildman–Crippen MR) is 123 cm³/mol. The minimum Gasteiger partial charge on any atom is -0.354 e. The number of hydrogen-bond acceptors (Lipinski definition) is 2. The maximum absolute atomic E-state index is 13.2. The summed E-state index contributed by atoms with van der Waals surface area (Å²) in [7, 11) is 0. The van der Waals surface area contributed by atoms with Crippen LogP contribution in [0.15, 0.2) is 72.8 Å². The highest BCUT2D eigenvalue weighted by Gasteiger charge is 2.34. The highest BCUT2D eigenvalue weighted by molar-refractivity contribution is 6.35. The summed E-state index contributed by atoms with van der Waals surface area (Å²) in [5, 5.41) is 4.14. The fraction of sp³-hybridized carbons (Fsp3) is 0.200. The van der Waals surface area contributed by atoms with E-state index in [-0.39, 0.29) is 11.8 Å². The van der Waals surface area contributed by atoms with Crippen LogP contribution < -0.4 is 5.32 Å². The summed E-state index contributed by atoms with van der Waals surface area (Å²) in [5.74, 6) is -0.306. The number of nitrogens with one attached hydrogen (secondary N) is 1. The van der Waals surface area contributed by atoms with Crippen molar-refractivity contribution >= 4 is 35.0 Å². The number of hydrogen-bond donors (Lipinski definition) is 1. The van der Waals surface area contributed by atoms with Crippen LogP contribution in [0, 0.1) is 0 Å². The van der Waals surface area contributed by atoms with E-state index in [9.17, 15) is 9.59 Å². The first-order valence-corrected chi connectivity index (χ1v) is 10.9. The lowest BCUT2D eigenvalue weighted by atomic mass is 9.92. The molecule has 158 valence electrons. The standard InChI is InChI=1S/C25H22Cl2N2O2/c26-21-11-10-17(22(27)15-21)12-13-28-24(30)23-14-19-8-4-5-9-20(19)16-29(23)25(31)18-6-2-1-3-7-18/h1-11,15,23H,12-14,16H2,(H,28,30). The zero-order valence-corrected chi connectivity index (χ0v) is 18.4. The van der Waals surface area contributed by atoms with Gasteiger partial charge in [0.1, 0.15) is 6.04 Å². The Balaban J connectivity index is 1.50. The van der Waals surface area contributed by atoms with Crippen LogP contribution in [0.2, 0.25) is 10.0 Å². The first-order valence-electron chi connectivity index (χ1n) is 10.2. The fourth-order valence-corrected chi connectivity index (χ4v) is 4.38. The van der Waals surface area contributed by atoms with E-state index >= 15 is 0 Å². The highest BCUT2D eigenvalue weighted by Crippen LogP contribution is 2.25. The third-order valence-corrected chi connectivity index (χ3v) is 6.13. The number of halogens is 2. The van der Waals surface area contributed by atoms with E-state index in [2.05, 4.69) is 5.32 Å². The average Bonchev–Trinajstić information content (AvgIpc) is 2.79. The normalized spacial score (nSPS) is 15.3. The molecule has 0 radical (unpaired) electrons. The summed E-state index contributed by atoms with van der Waals surface area (Å²) < 4.78 is 0. The van der Waals surface area contributed by atoms with Crippen LogP contribution in [0.1, 0.15) is 27.0 Å². The van der Waals surface area contributed by atoms with Gasteiger partial charge in [-0.3, -0.25) is 9.59 Å². The van der Waals surface area contributed by atoms with Crippen molar-refractivity contribution in [2.75, 3.05) is 6.54 Å². The molecular formula is C25H22Cl2N2O2. The van der Waals surface area contributed by atoms with Crippen LogP contribution in [-0.4, -0.2) is 29.3 Å². The van der Waals surface area contributed by atoms with Gasteiger partial charge in [-0.2, -0.15) is 0 Å². The second-order valence-electron chi connectivity index (χ2n) is 7.56. The van der Waals surface area contributed by atoms with Gasteiger partial charge in [0.25, 0.3) is 5.91 Å². The third kappa shape index (κ3) is 4.92. The smallest absolute Gasteiger partial charge is 0.254 e. The van der Waals surface area contributed by atoms with Gasteiger partial charge in [0.15, 0.2) is 0 Å². The number of carbonyl (C=O) groups is 2. The van der Waals surface area contributed by atoms with Crippen LogP contribution in [-0.2, 0) is 24.2 Å². The van der Waals surface area contributed by atoms with Crippen molar-refractivity contribution in [2.24, 2.45) is 0 Å². The SMILES string of the molecule is O=C(NCCc1ccc(Cl)cc1Cl)C1Cc2ccccc2CN1C(=O)c1ccccc1. The molecule has 0 fully saturated rings. The number of benzene rings is 3. The van der Waals surface area contributed by atoms with Gasteiger partial charge in [-0.1, -0.05) is 71.7 Å². The van der Waals surface area contributed by atoms with Crippen molar-refractivity contribution < 1.29 is 9.59 Å². The molecule has 0 spiro atoms. The van der Waals surface area contributed by atoms with Gasteiger partial charge in [0.05, 0.1) is 0 Å². The van der Waals surface area contributed by atoms with Gasteiger partial charge in [0.2, 0.25) is 5.91 Å². The average molecular weight is 453 g/mol. The van der Waals surface area contributed by atoms with Gasteiger partial charge in [-0.15, -0.1) is 0 Å².